The Kier molecular flexibility index (Phi) is 6.50. The van der Waals surface area contributed by atoms with E-state index in [1.54, 1.807) is 48.5 Å². The fourth-order valence-corrected chi connectivity index (χ4v) is 3.29. The monoisotopic (exact) mass is 395 g/mol. The molecule has 0 unspecified atom stereocenters. The zero-order valence-corrected chi connectivity index (χ0v) is 16.5. The molecule has 2 aromatic carbocycles. The molecule has 2 rings (SSSR count). The second kappa shape index (κ2) is 8.42. The first kappa shape index (κ1) is 20.1. The zero-order valence-electron chi connectivity index (χ0n) is 14.9. The molecule has 26 heavy (non-hydrogen) atoms. The Hall–Kier alpha value is -2.25. The van der Waals surface area contributed by atoms with Crippen LogP contribution in [-0.2, 0) is 21.4 Å². The fraction of sp³-hybridized carbons (Fsp3) is 0.278. The van der Waals surface area contributed by atoms with Gasteiger partial charge >= 0.3 is 0 Å². The van der Waals surface area contributed by atoms with Crippen LogP contribution in [0.2, 0.25) is 5.02 Å². The van der Waals surface area contributed by atoms with Crippen molar-refractivity contribution in [1.82, 2.24) is 5.32 Å². The third kappa shape index (κ3) is 5.64. The number of sulfonamides is 1. The number of nitrogens with one attached hydrogen (secondary N) is 1. The van der Waals surface area contributed by atoms with E-state index in [0.717, 1.165) is 21.8 Å². The highest BCUT2D eigenvalue weighted by Gasteiger charge is 2.20. The molecule has 2 aromatic rings. The second-order valence-corrected chi connectivity index (χ2v) is 8.43. The minimum atomic E-state index is -3.59. The van der Waals surface area contributed by atoms with Gasteiger partial charge in [-0.05, 0) is 42.0 Å². The first-order valence-corrected chi connectivity index (χ1v) is 10.2. The number of benzene rings is 2. The quantitative estimate of drug-likeness (QED) is 0.781. The minimum Gasteiger partial charge on any atom is -0.378 e. The second-order valence-electron chi connectivity index (χ2n) is 6.08. The molecule has 8 heteroatoms. The number of carbonyl (C=O) groups is 1. The number of hydrogen-bond donors (Lipinski definition) is 1. The SMILES string of the molecule is CN(C)c1ccc(N(CC(=O)NCc2ccc(Cl)cc2)S(C)(=O)=O)cc1. The maximum absolute atomic E-state index is 12.2. The average molecular weight is 396 g/mol. The van der Waals surface area contributed by atoms with Crippen LogP contribution in [0.3, 0.4) is 0 Å². The summed E-state index contributed by atoms with van der Waals surface area (Å²) >= 11 is 5.83. The van der Waals surface area contributed by atoms with Crippen molar-refractivity contribution in [1.29, 1.82) is 0 Å². The molecule has 0 heterocycles. The van der Waals surface area contributed by atoms with Crippen LogP contribution in [0.4, 0.5) is 11.4 Å². The van der Waals surface area contributed by atoms with Crippen LogP contribution in [0.25, 0.3) is 0 Å². The molecule has 0 saturated heterocycles. The average Bonchev–Trinajstić information content (AvgIpc) is 2.58. The van der Waals surface area contributed by atoms with Gasteiger partial charge in [-0.15, -0.1) is 0 Å². The summed E-state index contributed by atoms with van der Waals surface area (Å²) < 4.78 is 25.3. The lowest BCUT2D eigenvalue weighted by atomic mass is 10.2. The van der Waals surface area contributed by atoms with Crippen LogP contribution in [-0.4, -0.2) is 41.2 Å². The summed E-state index contributed by atoms with van der Waals surface area (Å²) in [6, 6.07) is 14.0. The van der Waals surface area contributed by atoms with Gasteiger partial charge < -0.3 is 10.2 Å². The van der Waals surface area contributed by atoms with Crippen LogP contribution in [0.15, 0.2) is 48.5 Å². The molecular weight excluding hydrogens is 374 g/mol. The van der Waals surface area contributed by atoms with Gasteiger partial charge in [-0.1, -0.05) is 23.7 Å². The van der Waals surface area contributed by atoms with Crippen LogP contribution in [0, 0.1) is 0 Å². The van der Waals surface area contributed by atoms with E-state index >= 15 is 0 Å². The molecule has 0 aliphatic heterocycles. The van der Waals surface area contributed by atoms with Crippen LogP contribution in [0.5, 0.6) is 0 Å². The molecule has 0 aromatic heterocycles. The normalized spacial score (nSPS) is 11.1. The van der Waals surface area contributed by atoms with Crippen molar-refractivity contribution in [3.8, 4) is 0 Å². The van der Waals surface area contributed by atoms with Crippen molar-refractivity contribution in [2.75, 3.05) is 36.1 Å². The molecule has 0 aliphatic carbocycles. The topological polar surface area (TPSA) is 69.7 Å². The van der Waals surface area contributed by atoms with E-state index in [0.29, 0.717) is 17.3 Å². The van der Waals surface area contributed by atoms with Gasteiger partial charge in [0.05, 0.1) is 11.9 Å². The van der Waals surface area contributed by atoms with Gasteiger partial charge in [0.25, 0.3) is 0 Å². The maximum Gasteiger partial charge on any atom is 0.241 e. The molecule has 0 radical (unpaired) electrons. The predicted octanol–water partition coefficient (Wildman–Crippen LogP) is 2.49. The first-order valence-electron chi connectivity index (χ1n) is 7.93. The van der Waals surface area contributed by atoms with Gasteiger partial charge in [0.15, 0.2) is 0 Å². The van der Waals surface area contributed by atoms with E-state index in [1.165, 1.54) is 0 Å². The summed E-state index contributed by atoms with van der Waals surface area (Å²) in [5, 5.41) is 3.34. The highest BCUT2D eigenvalue weighted by Crippen LogP contribution is 2.21. The van der Waals surface area contributed by atoms with E-state index in [4.69, 9.17) is 11.6 Å². The van der Waals surface area contributed by atoms with Crippen molar-refractivity contribution in [2.45, 2.75) is 6.54 Å². The Labute approximate surface area is 159 Å². The molecule has 140 valence electrons. The Morgan fingerprint density at radius 2 is 1.54 bits per heavy atom. The number of carbonyl (C=O) groups excluding carboxylic acids is 1. The largest absolute Gasteiger partial charge is 0.378 e. The van der Waals surface area contributed by atoms with Crippen molar-refractivity contribution >= 4 is 38.9 Å². The van der Waals surface area contributed by atoms with Gasteiger partial charge in [-0.25, -0.2) is 8.42 Å². The fourth-order valence-electron chi connectivity index (χ4n) is 2.31. The van der Waals surface area contributed by atoms with Crippen molar-refractivity contribution in [3.63, 3.8) is 0 Å². The molecule has 1 amide bonds. The van der Waals surface area contributed by atoms with Crippen molar-refractivity contribution < 1.29 is 13.2 Å². The molecule has 6 nitrogen and oxygen atoms in total. The smallest absolute Gasteiger partial charge is 0.241 e. The highest BCUT2D eigenvalue weighted by atomic mass is 35.5. The Morgan fingerprint density at radius 1 is 1.00 bits per heavy atom. The van der Waals surface area contributed by atoms with Gasteiger partial charge in [-0.2, -0.15) is 0 Å². The first-order chi connectivity index (χ1) is 12.2. The number of nitrogens with zero attached hydrogens (tertiary/aromatic N) is 2. The molecule has 1 N–H and O–H groups in total. The summed E-state index contributed by atoms with van der Waals surface area (Å²) in [4.78, 5) is 14.1. The van der Waals surface area contributed by atoms with Gasteiger partial charge in [0.1, 0.15) is 6.54 Å². The summed E-state index contributed by atoms with van der Waals surface area (Å²) in [7, 11) is 0.200. The van der Waals surface area contributed by atoms with Crippen molar-refractivity contribution in [2.24, 2.45) is 0 Å². The summed E-state index contributed by atoms with van der Waals surface area (Å²) in [6.07, 6.45) is 1.08. The van der Waals surface area contributed by atoms with Crippen LogP contribution >= 0.6 is 11.6 Å². The number of rotatable bonds is 7. The van der Waals surface area contributed by atoms with E-state index in [2.05, 4.69) is 5.32 Å². The number of halogens is 1. The van der Waals surface area contributed by atoms with Crippen LogP contribution in [0.1, 0.15) is 5.56 Å². The van der Waals surface area contributed by atoms with E-state index in [-0.39, 0.29) is 12.5 Å². The molecule has 0 atom stereocenters. The van der Waals surface area contributed by atoms with E-state index in [9.17, 15) is 13.2 Å². The maximum atomic E-state index is 12.2. The molecule has 0 spiro atoms. The summed E-state index contributed by atoms with van der Waals surface area (Å²) in [5.74, 6) is -0.387. The number of amides is 1. The summed E-state index contributed by atoms with van der Waals surface area (Å²) in [6.45, 7) is 0.0148. The van der Waals surface area contributed by atoms with E-state index in [1.807, 2.05) is 19.0 Å². The standard InChI is InChI=1S/C18H22ClN3O3S/c1-21(2)16-8-10-17(11-9-16)22(26(3,24)25)13-18(23)20-12-14-4-6-15(19)7-5-14/h4-11H,12-13H2,1-3H3,(H,20,23). The molecule has 0 aliphatic rings. The zero-order chi connectivity index (χ0) is 19.3. The summed E-state index contributed by atoms with van der Waals surface area (Å²) in [5.41, 5.74) is 2.26. The van der Waals surface area contributed by atoms with Gasteiger partial charge in [0.2, 0.25) is 15.9 Å². The Balaban J connectivity index is 2.07. The molecule has 0 fully saturated rings. The molecular formula is C18H22ClN3O3S. The van der Waals surface area contributed by atoms with E-state index < -0.39 is 10.0 Å². The Bertz CT molecular complexity index is 850. The molecule has 0 saturated carbocycles. The predicted molar refractivity (Wildman–Crippen MR) is 106 cm³/mol. The third-order valence-electron chi connectivity index (χ3n) is 3.74. The van der Waals surface area contributed by atoms with Crippen molar-refractivity contribution in [3.05, 3.63) is 59.1 Å². The molecule has 0 bridgehead atoms. The lowest BCUT2D eigenvalue weighted by Gasteiger charge is -2.23. The van der Waals surface area contributed by atoms with Gasteiger partial charge in [0, 0.05) is 31.4 Å². The van der Waals surface area contributed by atoms with Crippen LogP contribution < -0.4 is 14.5 Å². The number of hydrogen-bond acceptors (Lipinski definition) is 4. The lowest BCUT2D eigenvalue weighted by Crippen LogP contribution is -2.40. The number of anilines is 2. The minimum absolute atomic E-state index is 0.284. The highest BCUT2D eigenvalue weighted by molar-refractivity contribution is 7.92. The Morgan fingerprint density at radius 3 is 2.04 bits per heavy atom. The third-order valence-corrected chi connectivity index (χ3v) is 5.14. The van der Waals surface area contributed by atoms with Gasteiger partial charge in [-0.3, -0.25) is 9.10 Å². The lowest BCUT2D eigenvalue weighted by molar-refractivity contribution is -0.119.